The van der Waals surface area contributed by atoms with Crippen LogP contribution in [0.5, 0.6) is 0 Å². The summed E-state index contributed by atoms with van der Waals surface area (Å²) in [4.78, 5) is 2.68. The Kier molecular flexibility index (Phi) is 3.36. The van der Waals surface area contributed by atoms with Crippen LogP contribution in [-0.4, -0.2) is 19.7 Å². The van der Waals surface area contributed by atoms with Crippen molar-refractivity contribution in [1.29, 1.82) is 0 Å². The summed E-state index contributed by atoms with van der Waals surface area (Å²) >= 11 is 0. The van der Waals surface area contributed by atoms with Gasteiger partial charge in [0, 0.05) is 6.26 Å². The summed E-state index contributed by atoms with van der Waals surface area (Å²) in [6.07, 6.45) is -9.79. The molecule has 0 saturated carbocycles. The van der Waals surface area contributed by atoms with E-state index in [0.29, 0.717) is 6.26 Å². The van der Waals surface area contributed by atoms with Crippen molar-refractivity contribution >= 4 is 9.84 Å². The van der Waals surface area contributed by atoms with Crippen molar-refractivity contribution in [3.63, 3.8) is 0 Å². The number of nitrogens with zero attached hydrogens (tertiary/aromatic N) is 1. The Morgan fingerprint density at radius 3 is 1.83 bits per heavy atom. The number of alkyl halides is 6. The summed E-state index contributed by atoms with van der Waals surface area (Å²) in [5.74, 6) is 0. The van der Waals surface area contributed by atoms with Crippen LogP contribution in [0.2, 0.25) is 0 Å². The van der Waals surface area contributed by atoms with E-state index in [1.54, 1.807) is 0 Å². The molecule has 0 fully saturated rings. The molecule has 0 atom stereocenters. The smallest absolute Gasteiger partial charge is 0.232 e. The lowest BCUT2D eigenvalue weighted by Gasteiger charge is -2.12. The Labute approximate surface area is 97.4 Å². The first-order valence-electron chi connectivity index (χ1n) is 4.18. The topological polar surface area (TPSA) is 47.0 Å². The van der Waals surface area contributed by atoms with Gasteiger partial charge >= 0.3 is 12.4 Å². The number of sulfone groups is 1. The Morgan fingerprint density at radius 2 is 1.50 bits per heavy atom. The van der Waals surface area contributed by atoms with Crippen LogP contribution in [0.25, 0.3) is 0 Å². The van der Waals surface area contributed by atoms with Gasteiger partial charge in [-0.2, -0.15) is 26.3 Å². The van der Waals surface area contributed by atoms with E-state index in [-0.39, 0.29) is 12.1 Å². The summed E-state index contributed by atoms with van der Waals surface area (Å²) in [6.45, 7) is 0. The molecule has 0 amide bonds. The molecule has 10 heteroatoms. The molecular formula is C8H5F6NO2S. The minimum Gasteiger partial charge on any atom is -0.232 e. The van der Waals surface area contributed by atoms with Gasteiger partial charge in [0.15, 0.2) is 14.9 Å². The molecule has 0 spiro atoms. The highest BCUT2D eigenvalue weighted by molar-refractivity contribution is 7.90. The van der Waals surface area contributed by atoms with Crippen LogP contribution in [0.1, 0.15) is 11.3 Å². The SMILES string of the molecule is CS(=O)(=O)c1cc(C(F)(F)F)cc(C(F)(F)F)n1. The van der Waals surface area contributed by atoms with Crippen molar-refractivity contribution in [3.8, 4) is 0 Å². The molecule has 0 bridgehead atoms. The third-order valence-electron chi connectivity index (χ3n) is 1.80. The zero-order valence-corrected chi connectivity index (χ0v) is 9.41. The summed E-state index contributed by atoms with van der Waals surface area (Å²) < 4.78 is 95.9. The van der Waals surface area contributed by atoms with E-state index in [0.717, 1.165) is 0 Å². The molecule has 0 unspecified atom stereocenters. The van der Waals surface area contributed by atoms with Gasteiger partial charge in [0.05, 0.1) is 5.56 Å². The van der Waals surface area contributed by atoms with E-state index in [9.17, 15) is 34.8 Å². The number of rotatable bonds is 1. The predicted molar refractivity (Wildman–Crippen MR) is 47.4 cm³/mol. The first kappa shape index (κ1) is 14.7. The van der Waals surface area contributed by atoms with Gasteiger partial charge in [-0.3, -0.25) is 0 Å². The number of aromatic nitrogens is 1. The number of hydrogen-bond donors (Lipinski definition) is 0. The molecule has 1 aromatic rings. The summed E-state index contributed by atoms with van der Waals surface area (Å²) in [6, 6.07) is -0.181. The Hall–Kier alpha value is -1.32. The largest absolute Gasteiger partial charge is 0.433 e. The fourth-order valence-corrected chi connectivity index (χ4v) is 1.61. The molecule has 1 rings (SSSR count). The van der Waals surface area contributed by atoms with Crippen molar-refractivity contribution in [2.24, 2.45) is 0 Å². The van der Waals surface area contributed by atoms with Gasteiger partial charge in [-0.05, 0) is 12.1 Å². The highest BCUT2D eigenvalue weighted by atomic mass is 32.2. The minimum atomic E-state index is -5.17. The van der Waals surface area contributed by atoms with E-state index in [4.69, 9.17) is 0 Å². The minimum absolute atomic E-state index is 0.0601. The van der Waals surface area contributed by atoms with Gasteiger partial charge in [-0.15, -0.1) is 0 Å². The monoisotopic (exact) mass is 293 g/mol. The number of hydrogen-bond acceptors (Lipinski definition) is 3. The molecule has 102 valence electrons. The lowest BCUT2D eigenvalue weighted by Crippen LogP contribution is -2.16. The van der Waals surface area contributed by atoms with Crippen LogP contribution < -0.4 is 0 Å². The predicted octanol–water partition coefficient (Wildman–Crippen LogP) is 2.52. The Balaban J connectivity index is 3.60. The van der Waals surface area contributed by atoms with E-state index < -0.39 is 38.5 Å². The maximum atomic E-state index is 12.3. The maximum absolute atomic E-state index is 12.3. The average Bonchev–Trinajstić information content (AvgIpc) is 2.13. The number of pyridine rings is 1. The maximum Gasteiger partial charge on any atom is 0.433 e. The quantitative estimate of drug-likeness (QED) is 0.747. The van der Waals surface area contributed by atoms with E-state index >= 15 is 0 Å². The van der Waals surface area contributed by atoms with E-state index in [1.807, 2.05) is 0 Å². The Morgan fingerprint density at radius 1 is 1.00 bits per heavy atom. The number of halogens is 6. The van der Waals surface area contributed by atoms with Crippen LogP contribution in [0.4, 0.5) is 26.3 Å². The molecule has 18 heavy (non-hydrogen) atoms. The molecule has 0 saturated heterocycles. The molecule has 0 aromatic carbocycles. The lowest BCUT2D eigenvalue weighted by molar-refractivity contribution is -0.146. The van der Waals surface area contributed by atoms with Crippen molar-refractivity contribution in [2.45, 2.75) is 17.4 Å². The van der Waals surface area contributed by atoms with Crippen molar-refractivity contribution < 1.29 is 34.8 Å². The Bertz CT molecular complexity index is 528. The zero-order valence-electron chi connectivity index (χ0n) is 8.59. The summed E-state index contributed by atoms with van der Waals surface area (Å²) in [7, 11) is -4.28. The highest BCUT2D eigenvalue weighted by Crippen LogP contribution is 2.35. The van der Waals surface area contributed by atoms with Crippen LogP contribution in [0.3, 0.4) is 0 Å². The fraction of sp³-hybridized carbons (Fsp3) is 0.375. The molecule has 3 nitrogen and oxygen atoms in total. The molecule has 1 heterocycles. The van der Waals surface area contributed by atoms with Gasteiger partial charge in [-0.25, -0.2) is 13.4 Å². The standard InChI is InChI=1S/C8H5F6NO2S/c1-18(16,17)6-3-4(7(9,10)11)2-5(15-6)8(12,13)14/h2-3H,1H3. The summed E-state index contributed by atoms with van der Waals surface area (Å²) in [5.41, 5.74) is -3.62. The van der Waals surface area contributed by atoms with Crippen LogP contribution >= 0.6 is 0 Å². The fourth-order valence-electron chi connectivity index (χ4n) is 1.00. The molecule has 0 aliphatic heterocycles. The van der Waals surface area contributed by atoms with Crippen molar-refractivity contribution in [2.75, 3.05) is 6.26 Å². The van der Waals surface area contributed by atoms with E-state index in [1.165, 1.54) is 0 Å². The van der Waals surface area contributed by atoms with Crippen LogP contribution in [0.15, 0.2) is 17.2 Å². The second-order valence-corrected chi connectivity index (χ2v) is 5.31. The molecule has 0 aliphatic carbocycles. The lowest BCUT2D eigenvalue weighted by atomic mass is 10.2. The summed E-state index contributed by atoms with van der Waals surface area (Å²) in [5, 5.41) is -1.27. The third kappa shape index (κ3) is 3.34. The molecule has 0 radical (unpaired) electrons. The average molecular weight is 293 g/mol. The van der Waals surface area contributed by atoms with Gasteiger partial charge in [0.25, 0.3) is 0 Å². The first-order chi connectivity index (χ1) is 7.82. The second-order valence-electron chi connectivity index (χ2n) is 3.35. The first-order valence-corrected chi connectivity index (χ1v) is 6.07. The van der Waals surface area contributed by atoms with Gasteiger partial charge in [-0.1, -0.05) is 0 Å². The molecule has 0 aliphatic rings. The van der Waals surface area contributed by atoms with Gasteiger partial charge < -0.3 is 0 Å². The van der Waals surface area contributed by atoms with Gasteiger partial charge in [0.2, 0.25) is 0 Å². The van der Waals surface area contributed by atoms with Crippen LogP contribution in [0, 0.1) is 0 Å². The van der Waals surface area contributed by atoms with Gasteiger partial charge in [0.1, 0.15) is 5.69 Å². The zero-order chi connectivity index (χ0) is 14.4. The molecule has 0 N–H and O–H groups in total. The van der Waals surface area contributed by atoms with E-state index in [2.05, 4.69) is 4.98 Å². The van der Waals surface area contributed by atoms with Crippen LogP contribution in [-0.2, 0) is 22.2 Å². The highest BCUT2D eigenvalue weighted by Gasteiger charge is 2.39. The third-order valence-corrected chi connectivity index (χ3v) is 2.77. The second kappa shape index (κ2) is 4.11. The molecule has 1 aromatic heterocycles. The van der Waals surface area contributed by atoms with Crippen molar-refractivity contribution in [3.05, 3.63) is 23.4 Å². The van der Waals surface area contributed by atoms with Crippen molar-refractivity contribution in [1.82, 2.24) is 4.98 Å². The normalized spacial score (nSPS) is 13.7. The molecular weight excluding hydrogens is 288 g/mol.